The second kappa shape index (κ2) is 10.6. The van der Waals surface area contributed by atoms with Gasteiger partial charge in [0, 0.05) is 24.8 Å². The smallest absolute Gasteiger partial charge is 0.262 e. The number of hydrogen-bond donors (Lipinski definition) is 0. The predicted molar refractivity (Wildman–Crippen MR) is 138 cm³/mol. The standard InChI is InChI=1S/C28H36N2O5/c1-28(2)14-13-21-23(35-28)12-10-22(26(21)34-5)27(31)30(18-17-29-15-7-6-8-16-29)20-9-11-24(32-3)25(19-20)33-4/h9-14,19H,6-8,15-18H2,1-5H3. The van der Waals surface area contributed by atoms with Crippen LogP contribution in [-0.2, 0) is 0 Å². The van der Waals surface area contributed by atoms with Gasteiger partial charge in [0.05, 0.1) is 32.5 Å². The summed E-state index contributed by atoms with van der Waals surface area (Å²) in [5.41, 5.74) is 1.61. The summed E-state index contributed by atoms with van der Waals surface area (Å²) in [4.78, 5) is 18.3. The monoisotopic (exact) mass is 480 g/mol. The summed E-state index contributed by atoms with van der Waals surface area (Å²) >= 11 is 0. The Labute approximate surface area is 208 Å². The van der Waals surface area contributed by atoms with Gasteiger partial charge in [-0.25, -0.2) is 0 Å². The lowest BCUT2D eigenvalue weighted by Gasteiger charge is -2.32. The van der Waals surface area contributed by atoms with Crippen molar-refractivity contribution in [2.75, 3.05) is 52.4 Å². The lowest BCUT2D eigenvalue weighted by molar-refractivity contribution is 0.0979. The lowest BCUT2D eigenvalue weighted by Crippen LogP contribution is -2.41. The summed E-state index contributed by atoms with van der Waals surface area (Å²) in [5, 5.41) is 0. The van der Waals surface area contributed by atoms with Crippen LogP contribution in [0.15, 0.2) is 36.4 Å². The Morgan fingerprint density at radius 1 is 1.00 bits per heavy atom. The van der Waals surface area contributed by atoms with Crippen LogP contribution in [0, 0.1) is 0 Å². The molecule has 35 heavy (non-hydrogen) atoms. The minimum atomic E-state index is -0.413. The van der Waals surface area contributed by atoms with Crippen molar-refractivity contribution in [1.29, 1.82) is 0 Å². The fourth-order valence-corrected chi connectivity index (χ4v) is 4.73. The number of nitrogens with zero attached hydrogens (tertiary/aromatic N) is 2. The van der Waals surface area contributed by atoms with Gasteiger partial charge in [0.1, 0.15) is 17.1 Å². The highest BCUT2D eigenvalue weighted by Gasteiger charge is 2.29. The first kappa shape index (κ1) is 24.9. The molecule has 0 bridgehead atoms. The molecule has 1 saturated heterocycles. The highest BCUT2D eigenvalue weighted by molar-refractivity contribution is 6.09. The van der Waals surface area contributed by atoms with Crippen LogP contribution in [0.2, 0.25) is 0 Å². The Hall–Kier alpha value is -3.19. The molecule has 0 aliphatic carbocycles. The third-order valence-corrected chi connectivity index (χ3v) is 6.63. The van der Waals surface area contributed by atoms with Gasteiger partial charge in [0.15, 0.2) is 11.5 Å². The Balaban J connectivity index is 1.71. The number of piperidine rings is 1. The van der Waals surface area contributed by atoms with Gasteiger partial charge in [-0.3, -0.25) is 4.79 Å². The zero-order valence-electron chi connectivity index (χ0n) is 21.4. The molecule has 0 aromatic heterocycles. The third-order valence-electron chi connectivity index (χ3n) is 6.63. The average Bonchev–Trinajstić information content (AvgIpc) is 2.87. The number of rotatable bonds is 8. The van der Waals surface area contributed by atoms with E-state index in [0.29, 0.717) is 35.1 Å². The fraction of sp³-hybridized carbons (Fsp3) is 0.464. The van der Waals surface area contributed by atoms with Crippen LogP contribution in [0.4, 0.5) is 5.69 Å². The number of fused-ring (bicyclic) bond motifs is 1. The van der Waals surface area contributed by atoms with Crippen LogP contribution in [0.5, 0.6) is 23.0 Å². The van der Waals surface area contributed by atoms with Crippen LogP contribution in [0.1, 0.15) is 49.0 Å². The van der Waals surface area contributed by atoms with Crippen molar-refractivity contribution in [3.63, 3.8) is 0 Å². The molecule has 2 aromatic carbocycles. The van der Waals surface area contributed by atoms with E-state index in [2.05, 4.69) is 4.90 Å². The molecule has 2 heterocycles. The van der Waals surface area contributed by atoms with Crippen molar-refractivity contribution in [3.05, 3.63) is 47.5 Å². The molecule has 2 aliphatic rings. The number of likely N-dealkylation sites (tertiary alicyclic amines) is 1. The molecule has 188 valence electrons. The number of hydrogen-bond acceptors (Lipinski definition) is 6. The molecule has 0 spiro atoms. The summed E-state index contributed by atoms with van der Waals surface area (Å²) in [6.45, 7) is 7.47. The molecule has 0 atom stereocenters. The van der Waals surface area contributed by atoms with E-state index < -0.39 is 5.60 Å². The maximum Gasteiger partial charge on any atom is 0.262 e. The first-order chi connectivity index (χ1) is 16.9. The average molecular weight is 481 g/mol. The maximum atomic E-state index is 14.1. The van der Waals surface area contributed by atoms with Gasteiger partial charge in [-0.1, -0.05) is 6.42 Å². The van der Waals surface area contributed by atoms with Crippen LogP contribution in [0.25, 0.3) is 6.08 Å². The van der Waals surface area contributed by atoms with Gasteiger partial charge in [-0.2, -0.15) is 0 Å². The van der Waals surface area contributed by atoms with Gasteiger partial charge in [-0.05, 0) is 76.2 Å². The van der Waals surface area contributed by atoms with Crippen LogP contribution in [-0.4, -0.2) is 63.9 Å². The normalized spacial score (nSPS) is 16.7. The van der Waals surface area contributed by atoms with E-state index in [1.165, 1.54) is 19.3 Å². The second-order valence-corrected chi connectivity index (χ2v) is 9.50. The molecule has 2 aliphatic heterocycles. The maximum absolute atomic E-state index is 14.1. The van der Waals surface area contributed by atoms with Crippen LogP contribution in [0.3, 0.4) is 0 Å². The Morgan fingerprint density at radius 2 is 1.74 bits per heavy atom. The summed E-state index contributed by atoms with van der Waals surface area (Å²) in [6.07, 6.45) is 7.63. The highest BCUT2D eigenvalue weighted by Crippen LogP contribution is 2.40. The van der Waals surface area contributed by atoms with Gasteiger partial charge in [-0.15, -0.1) is 0 Å². The molecular weight excluding hydrogens is 444 g/mol. The Bertz CT molecular complexity index is 1090. The van der Waals surface area contributed by atoms with E-state index >= 15 is 0 Å². The molecule has 2 aromatic rings. The summed E-state index contributed by atoms with van der Waals surface area (Å²) < 4.78 is 22.8. The molecule has 0 radical (unpaired) electrons. The van der Waals surface area contributed by atoms with E-state index in [9.17, 15) is 4.79 Å². The Kier molecular flexibility index (Phi) is 7.55. The number of benzene rings is 2. The van der Waals surface area contributed by atoms with E-state index in [1.807, 2.05) is 50.3 Å². The molecule has 7 nitrogen and oxygen atoms in total. The number of carbonyl (C=O) groups excluding carboxylic acids is 1. The van der Waals surface area contributed by atoms with Gasteiger partial charge >= 0.3 is 0 Å². The van der Waals surface area contributed by atoms with E-state index in [1.54, 1.807) is 32.3 Å². The van der Waals surface area contributed by atoms with Crippen molar-refractivity contribution in [1.82, 2.24) is 4.90 Å². The number of carbonyl (C=O) groups is 1. The predicted octanol–water partition coefficient (Wildman–Crippen LogP) is 5.03. The van der Waals surface area contributed by atoms with Crippen molar-refractivity contribution in [2.45, 2.75) is 38.7 Å². The highest BCUT2D eigenvalue weighted by atomic mass is 16.5. The number of ether oxygens (including phenoxy) is 4. The van der Waals surface area contributed by atoms with Gasteiger partial charge in [0.25, 0.3) is 5.91 Å². The Morgan fingerprint density at radius 3 is 2.43 bits per heavy atom. The van der Waals surface area contributed by atoms with Crippen molar-refractivity contribution in [2.24, 2.45) is 0 Å². The van der Waals surface area contributed by atoms with Gasteiger partial charge in [0.2, 0.25) is 0 Å². The molecule has 1 fully saturated rings. The van der Waals surface area contributed by atoms with Gasteiger partial charge < -0.3 is 28.7 Å². The zero-order valence-corrected chi connectivity index (χ0v) is 21.4. The molecule has 0 N–H and O–H groups in total. The summed E-state index contributed by atoms with van der Waals surface area (Å²) in [5.74, 6) is 2.29. The van der Waals surface area contributed by atoms with E-state index in [4.69, 9.17) is 18.9 Å². The largest absolute Gasteiger partial charge is 0.495 e. The first-order valence-electron chi connectivity index (χ1n) is 12.2. The molecular formula is C28H36N2O5. The topological polar surface area (TPSA) is 60.5 Å². The molecule has 1 amide bonds. The minimum Gasteiger partial charge on any atom is -0.495 e. The van der Waals surface area contributed by atoms with E-state index in [-0.39, 0.29) is 5.91 Å². The van der Waals surface area contributed by atoms with Crippen molar-refractivity contribution in [3.8, 4) is 23.0 Å². The minimum absolute atomic E-state index is 0.132. The van der Waals surface area contributed by atoms with Crippen LogP contribution < -0.4 is 23.8 Å². The summed E-state index contributed by atoms with van der Waals surface area (Å²) in [7, 11) is 4.79. The van der Waals surface area contributed by atoms with Crippen LogP contribution >= 0.6 is 0 Å². The number of anilines is 1. The molecule has 4 rings (SSSR count). The number of amides is 1. The molecule has 0 saturated carbocycles. The number of methoxy groups -OCH3 is 3. The summed E-state index contributed by atoms with van der Waals surface area (Å²) in [6, 6.07) is 9.23. The zero-order chi connectivity index (χ0) is 25.0. The third kappa shape index (κ3) is 5.40. The lowest BCUT2D eigenvalue weighted by atomic mass is 9.99. The van der Waals surface area contributed by atoms with E-state index in [0.717, 1.165) is 30.9 Å². The fourth-order valence-electron chi connectivity index (χ4n) is 4.73. The second-order valence-electron chi connectivity index (χ2n) is 9.50. The van der Waals surface area contributed by atoms with Crippen molar-refractivity contribution < 1.29 is 23.7 Å². The quantitative estimate of drug-likeness (QED) is 0.528. The molecule has 7 heteroatoms. The molecule has 0 unspecified atom stereocenters. The first-order valence-corrected chi connectivity index (χ1v) is 12.2. The van der Waals surface area contributed by atoms with Crippen molar-refractivity contribution >= 4 is 17.7 Å². The SMILES string of the molecule is COc1ccc(N(CCN2CCCCC2)C(=O)c2ccc3c(c2OC)C=CC(C)(C)O3)cc1OC.